The first-order valence-electron chi connectivity index (χ1n) is 16.7. The minimum absolute atomic E-state index is 0.0260. The van der Waals surface area contributed by atoms with Crippen molar-refractivity contribution in [1.82, 2.24) is 39.1 Å². The van der Waals surface area contributed by atoms with Crippen LogP contribution in [-0.2, 0) is 28.7 Å². The van der Waals surface area contributed by atoms with Crippen molar-refractivity contribution < 1.29 is 36.6 Å². The summed E-state index contributed by atoms with van der Waals surface area (Å²) >= 11 is 0.860. The lowest BCUT2D eigenvalue weighted by Crippen LogP contribution is -2.52. The van der Waals surface area contributed by atoms with Crippen LogP contribution in [0.4, 0.5) is 17.6 Å². The van der Waals surface area contributed by atoms with Crippen LogP contribution in [0.25, 0.3) is 33.5 Å². The van der Waals surface area contributed by atoms with Gasteiger partial charge in [0.2, 0.25) is 5.91 Å². The van der Waals surface area contributed by atoms with E-state index in [-0.39, 0.29) is 48.0 Å². The van der Waals surface area contributed by atoms with Gasteiger partial charge in [-0.3, -0.25) is 14.3 Å². The third-order valence-electron chi connectivity index (χ3n) is 9.21. The third-order valence-corrected chi connectivity index (χ3v) is 9.89. The van der Waals surface area contributed by atoms with Gasteiger partial charge >= 0.3 is 6.18 Å². The molecular formula is C35H33F4N9O4S. The van der Waals surface area contributed by atoms with Gasteiger partial charge in [0.05, 0.1) is 54.6 Å². The van der Waals surface area contributed by atoms with Crippen LogP contribution in [0.15, 0.2) is 36.5 Å². The molecule has 2 amide bonds. The van der Waals surface area contributed by atoms with Gasteiger partial charge in [0.1, 0.15) is 11.5 Å². The average Bonchev–Trinajstić information content (AvgIpc) is 3.87. The summed E-state index contributed by atoms with van der Waals surface area (Å²) in [6.45, 7) is 3.24. The molecular weight excluding hydrogens is 719 g/mol. The van der Waals surface area contributed by atoms with Crippen molar-refractivity contribution in [2.75, 3.05) is 26.8 Å². The van der Waals surface area contributed by atoms with Crippen LogP contribution >= 0.6 is 11.5 Å². The predicted molar refractivity (Wildman–Crippen MR) is 183 cm³/mol. The Morgan fingerprint density at radius 3 is 2.70 bits per heavy atom. The highest BCUT2D eigenvalue weighted by atomic mass is 32.1. The zero-order valence-electron chi connectivity index (χ0n) is 28.8. The first-order chi connectivity index (χ1) is 25.3. The molecule has 0 aliphatic carbocycles. The number of ether oxygens (including phenoxy) is 2. The highest BCUT2D eigenvalue weighted by molar-refractivity contribution is 7.07. The molecule has 2 aromatic carbocycles. The Hall–Kier alpha value is -5.41. The van der Waals surface area contributed by atoms with Crippen LogP contribution in [0.1, 0.15) is 66.5 Å². The molecule has 2 aliphatic heterocycles. The van der Waals surface area contributed by atoms with Crippen molar-refractivity contribution in [2.45, 2.75) is 64.0 Å². The van der Waals surface area contributed by atoms with Gasteiger partial charge < -0.3 is 19.7 Å². The molecule has 1 unspecified atom stereocenters. The van der Waals surface area contributed by atoms with E-state index in [0.29, 0.717) is 28.9 Å². The second kappa shape index (κ2) is 13.9. The SMILES string of the molecule is COc1nc(-c2cc(C(F)(F)F)nn2CC(C)(C)NC(=O)CN2CCc3c(-c4cc5cnn(C6CCCCO6)c5cc4C#N)ccc(F)c3C2=O)ns1. The molecule has 2 aliphatic rings. The van der Waals surface area contributed by atoms with E-state index in [0.717, 1.165) is 52.4 Å². The van der Waals surface area contributed by atoms with E-state index in [4.69, 9.17) is 9.47 Å². The molecule has 276 valence electrons. The second-order valence-electron chi connectivity index (χ2n) is 13.5. The molecule has 0 radical (unpaired) electrons. The molecule has 1 N–H and O–H groups in total. The second-order valence-corrected chi connectivity index (χ2v) is 14.2. The predicted octanol–water partition coefficient (Wildman–Crippen LogP) is 5.75. The van der Waals surface area contributed by atoms with Crippen molar-refractivity contribution >= 4 is 34.2 Å². The molecule has 1 saturated heterocycles. The Kier molecular flexibility index (Phi) is 9.41. The fourth-order valence-electron chi connectivity index (χ4n) is 6.83. The van der Waals surface area contributed by atoms with E-state index in [1.54, 1.807) is 36.9 Å². The number of benzene rings is 2. The summed E-state index contributed by atoms with van der Waals surface area (Å²) < 4.78 is 74.2. The molecule has 13 nitrogen and oxygen atoms in total. The third kappa shape index (κ3) is 7.05. The molecule has 1 atom stereocenters. The standard InChI is InChI=1S/C35H33F4N9O4S/c1-34(2,18-47-26(14-27(44-47)35(37,38)39)31-42-33(51-3)53-45-31)43-28(49)17-46-10-9-22-21(7-8-24(36)30(22)32(46)50)23-12-20-16-41-48(25(20)13-19(23)15-40)29-6-4-5-11-52-29/h7-8,12-14,16,29H,4-6,9-11,17-18H2,1-3H3,(H,43,49). The van der Waals surface area contributed by atoms with Gasteiger partial charge in [-0.1, -0.05) is 6.07 Å². The Balaban J connectivity index is 1.10. The number of rotatable bonds is 9. The number of carbonyl (C=O) groups excluding carboxylic acids is 2. The number of hydrogen-bond acceptors (Lipinski definition) is 10. The van der Waals surface area contributed by atoms with Crippen LogP contribution in [-0.4, -0.2) is 78.0 Å². The number of fused-ring (bicyclic) bond motifs is 2. The van der Waals surface area contributed by atoms with Crippen molar-refractivity contribution in [3.8, 4) is 33.9 Å². The van der Waals surface area contributed by atoms with Crippen LogP contribution < -0.4 is 10.1 Å². The van der Waals surface area contributed by atoms with Crippen LogP contribution in [0.3, 0.4) is 0 Å². The largest absolute Gasteiger partial charge is 0.472 e. The van der Waals surface area contributed by atoms with Gasteiger partial charge in [0.15, 0.2) is 17.7 Å². The maximum absolute atomic E-state index is 15.4. The number of methoxy groups -OCH3 is 1. The Morgan fingerprint density at radius 1 is 1.19 bits per heavy atom. The lowest BCUT2D eigenvalue weighted by atomic mass is 9.87. The lowest BCUT2D eigenvalue weighted by Gasteiger charge is -2.32. The number of nitriles is 1. The zero-order chi connectivity index (χ0) is 37.7. The molecule has 0 spiro atoms. The number of alkyl halides is 3. The number of aromatic nitrogens is 6. The van der Waals surface area contributed by atoms with Crippen LogP contribution in [0.2, 0.25) is 0 Å². The van der Waals surface area contributed by atoms with E-state index in [9.17, 15) is 28.0 Å². The average molecular weight is 752 g/mol. The monoisotopic (exact) mass is 751 g/mol. The molecule has 5 heterocycles. The molecule has 53 heavy (non-hydrogen) atoms. The number of nitrogens with one attached hydrogen (secondary N) is 1. The van der Waals surface area contributed by atoms with Gasteiger partial charge in [-0.15, -0.1) is 0 Å². The van der Waals surface area contributed by atoms with E-state index in [2.05, 4.69) is 30.9 Å². The van der Waals surface area contributed by atoms with E-state index < -0.39 is 41.6 Å². The van der Waals surface area contributed by atoms with Crippen molar-refractivity contribution in [3.63, 3.8) is 0 Å². The fourth-order valence-corrected chi connectivity index (χ4v) is 7.33. The molecule has 0 bridgehead atoms. The Labute approximate surface area is 304 Å². The summed E-state index contributed by atoms with van der Waals surface area (Å²) in [5.41, 5.74) is -0.0131. The highest BCUT2D eigenvalue weighted by Crippen LogP contribution is 2.37. The zero-order valence-corrected chi connectivity index (χ0v) is 29.6. The summed E-state index contributed by atoms with van der Waals surface area (Å²) in [6.07, 6.45) is -0.317. The highest BCUT2D eigenvalue weighted by Gasteiger charge is 2.37. The van der Waals surface area contributed by atoms with Gasteiger partial charge in [-0.2, -0.15) is 38.0 Å². The quantitative estimate of drug-likeness (QED) is 0.186. The minimum Gasteiger partial charge on any atom is -0.472 e. The Bertz CT molecular complexity index is 2270. The Morgan fingerprint density at radius 2 is 2.00 bits per heavy atom. The molecule has 3 aromatic heterocycles. The topological polar surface area (TPSA) is 153 Å². The molecule has 5 aromatic rings. The van der Waals surface area contributed by atoms with E-state index in [1.165, 1.54) is 18.1 Å². The van der Waals surface area contributed by atoms with Crippen molar-refractivity contribution in [1.29, 1.82) is 5.26 Å². The summed E-state index contributed by atoms with van der Waals surface area (Å²) in [5, 5.41) is 22.1. The number of carbonyl (C=O) groups is 2. The van der Waals surface area contributed by atoms with Crippen molar-refractivity contribution in [3.05, 3.63) is 64.7 Å². The minimum atomic E-state index is -4.75. The van der Waals surface area contributed by atoms with Gasteiger partial charge in [-0.25, -0.2) is 9.07 Å². The van der Waals surface area contributed by atoms with Gasteiger partial charge in [0, 0.05) is 35.6 Å². The van der Waals surface area contributed by atoms with Crippen molar-refractivity contribution in [2.24, 2.45) is 0 Å². The number of halogens is 4. The molecule has 18 heteroatoms. The normalized spacial score (nSPS) is 16.5. The number of amides is 2. The van der Waals surface area contributed by atoms with Crippen LogP contribution in [0, 0.1) is 17.1 Å². The summed E-state index contributed by atoms with van der Waals surface area (Å²) in [5.74, 6) is -2.10. The van der Waals surface area contributed by atoms with Gasteiger partial charge in [-0.05, 0) is 74.9 Å². The first kappa shape index (κ1) is 36.0. The van der Waals surface area contributed by atoms with E-state index >= 15 is 4.39 Å². The van der Waals surface area contributed by atoms with E-state index in [1.807, 2.05) is 6.07 Å². The fraction of sp³-hybridized carbons (Fsp3) is 0.400. The summed E-state index contributed by atoms with van der Waals surface area (Å²) in [4.78, 5) is 32.4. The molecule has 0 saturated carbocycles. The maximum atomic E-state index is 15.4. The summed E-state index contributed by atoms with van der Waals surface area (Å²) in [6, 6.07) is 9.33. The van der Waals surface area contributed by atoms with Crippen LogP contribution in [0.5, 0.6) is 5.19 Å². The lowest BCUT2D eigenvalue weighted by molar-refractivity contribution is -0.141. The molecule has 7 rings (SSSR count). The first-order valence-corrected chi connectivity index (χ1v) is 17.5. The van der Waals surface area contributed by atoms with Gasteiger partial charge in [0.25, 0.3) is 11.1 Å². The molecule has 1 fully saturated rings. The smallest absolute Gasteiger partial charge is 0.435 e. The number of nitrogens with zero attached hydrogens (tertiary/aromatic N) is 8. The maximum Gasteiger partial charge on any atom is 0.435 e. The summed E-state index contributed by atoms with van der Waals surface area (Å²) in [7, 11) is 1.36. The number of hydrogen-bond donors (Lipinski definition) is 1.